The van der Waals surface area contributed by atoms with Gasteiger partial charge in [0, 0.05) is 45.5 Å². The van der Waals surface area contributed by atoms with Gasteiger partial charge >= 0.3 is 0 Å². The van der Waals surface area contributed by atoms with Gasteiger partial charge in [0.1, 0.15) is 34.9 Å². The molecular weight excluding hydrogens is 648 g/mol. The van der Waals surface area contributed by atoms with Crippen LogP contribution < -0.4 is 10.4 Å². The quantitative estimate of drug-likeness (QED) is 0.169. The number of rotatable bonds is 2. The summed E-state index contributed by atoms with van der Waals surface area (Å²) in [6.45, 7) is 22.7. The molecule has 0 N–H and O–H groups in total. The Hall–Kier alpha value is -7.78. The minimum absolute atomic E-state index is 0.00262. The van der Waals surface area contributed by atoms with Crippen LogP contribution in [0.1, 0.15) is 28.1 Å². The lowest BCUT2D eigenvalue weighted by atomic mass is 9.92. The number of nitriles is 3. The summed E-state index contributed by atoms with van der Waals surface area (Å²) in [6.07, 6.45) is 2.47. The highest BCUT2D eigenvalue weighted by atomic mass is 19.1. The summed E-state index contributed by atoms with van der Waals surface area (Å²) in [4.78, 5) is 27.9. The van der Waals surface area contributed by atoms with E-state index in [9.17, 15) is 28.1 Å². The monoisotopic (exact) mass is 658 g/mol. The second-order valence-electron chi connectivity index (χ2n) is 10.9. The molecule has 0 amide bonds. The molecule has 0 saturated carbocycles. The molecule has 10 nitrogen and oxygen atoms in total. The zero-order valence-corrected chi connectivity index (χ0v) is 24.9. The highest BCUT2D eigenvalue weighted by Gasteiger charge is 2.35. The molecule has 0 radical (unpaired) electrons. The maximum absolute atomic E-state index is 14.6. The van der Waals surface area contributed by atoms with Crippen LogP contribution >= 0.6 is 0 Å². The van der Waals surface area contributed by atoms with Crippen LogP contribution in [0.5, 0.6) is 0 Å². The molecule has 2 heterocycles. The molecule has 5 aromatic rings. The van der Waals surface area contributed by atoms with Crippen molar-refractivity contribution in [3.63, 3.8) is 0 Å². The van der Waals surface area contributed by atoms with Gasteiger partial charge in [0.2, 0.25) is 0 Å². The van der Waals surface area contributed by atoms with E-state index in [1.165, 1.54) is 18.5 Å². The Bertz CT molecular complexity index is 2570. The Morgan fingerprint density at radius 2 is 1.08 bits per heavy atom. The SMILES string of the molecule is [C-]#[N+]/C(C#N)=c1/c2c(/c(=C(\C#N)[N+]#[C-])c3c1-c1nc(-c4cc(F)c([N+]#[C-])c(F)c4)cnc1C3)-c1nc(-c3cc(F)c(C#N)c(F)c3)cnc1C2. The molecule has 7 rings (SSSR count). The van der Waals surface area contributed by atoms with Crippen LogP contribution in [0.4, 0.5) is 23.2 Å². The third-order valence-corrected chi connectivity index (χ3v) is 8.35. The van der Waals surface area contributed by atoms with Gasteiger partial charge in [-0.2, -0.15) is 5.26 Å². The van der Waals surface area contributed by atoms with Crippen molar-refractivity contribution >= 4 is 17.1 Å². The Morgan fingerprint density at radius 1 is 0.660 bits per heavy atom. The molecule has 2 aromatic heterocycles. The van der Waals surface area contributed by atoms with Crippen molar-refractivity contribution in [3.05, 3.63) is 133 Å². The van der Waals surface area contributed by atoms with Gasteiger partial charge in [0.05, 0.1) is 78.4 Å². The van der Waals surface area contributed by atoms with E-state index in [0.717, 1.165) is 24.3 Å². The van der Waals surface area contributed by atoms with E-state index >= 15 is 0 Å². The molecule has 0 aliphatic heterocycles. The summed E-state index contributed by atoms with van der Waals surface area (Å²) in [5.74, 6) is -4.45. The molecule has 3 aromatic carbocycles. The number of fused-ring (bicyclic) bond motifs is 6. The van der Waals surface area contributed by atoms with Crippen LogP contribution in [0.25, 0.3) is 71.0 Å². The fraction of sp³-hybridized carbons (Fsp3) is 0.0556. The third-order valence-electron chi connectivity index (χ3n) is 8.35. The number of hydrogen-bond acceptors (Lipinski definition) is 7. The molecule has 2 aliphatic rings. The first kappa shape index (κ1) is 30.9. The first-order valence-corrected chi connectivity index (χ1v) is 14.2. The summed E-state index contributed by atoms with van der Waals surface area (Å²) in [6, 6.07) is 8.97. The lowest BCUT2D eigenvalue weighted by Gasteiger charge is -2.13. The molecule has 0 unspecified atom stereocenters. The largest absolute Gasteiger partial charge is 0.269 e. The van der Waals surface area contributed by atoms with E-state index < -0.39 is 34.5 Å². The van der Waals surface area contributed by atoms with Crippen LogP contribution in [-0.4, -0.2) is 19.9 Å². The first-order valence-electron chi connectivity index (χ1n) is 14.2. The van der Waals surface area contributed by atoms with E-state index in [-0.39, 0.29) is 79.7 Å². The third kappa shape index (κ3) is 4.43. The number of hydrogen-bond donors (Lipinski definition) is 0. The summed E-state index contributed by atoms with van der Waals surface area (Å²) in [7, 11) is 0. The molecule has 0 saturated heterocycles. The molecule has 0 bridgehead atoms. The topological polar surface area (TPSA) is 136 Å². The van der Waals surface area contributed by atoms with E-state index in [1.807, 2.05) is 12.1 Å². The predicted octanol–water partition coefficient (Wildman–Crippen LogP) is 5.82. The fourth-order valence-corrected chi connectivity index (χ4v) is 6.27. The maximum Gasteiger partial charge on any atom is 0.269 e. The van der Waals surface area contributed by atoms with Gasteiger partial charge in [-0.1, -0.05) is 0 Å². The van der Waals surface area contributed by atoms with Crippen molar-refractivity contribution in [2.24, 2.45) is 0 Å². The molecule has 14 heteroatoms. The number of aromatic nitrogens is 4. The highest BCUT2D eigenvalue weighted by molar-refractivity contribution is 5.91. The molecule has 232 valence electrons. The van der Waals surface area contributed by atoms with E-state index in [4.69, 9.17) is 25.0 Å². The molecule has 0 spiro atoms. The van der Waals surface area contributed by atoms with Gasteiger partial charge in [-0.05, 0) is 35.4 Å². The predicted molar refractivity (Wildman–Crippen MR) is 166 cm³/mol. The standard InChI is InChI=1S/C36H10F4N10/c1-44-26(11-42)30-18-9-25-36(50-29(14-48-25)16-6-22(39)34(46-3)23(40)7-16)33(18)31(27(12-43)45-2)17-8-24-35(32(17)30)49-28(13-47-24)15-4-20(37)19(10-41)21(38)5-15/h4-7,13-14H,8-9H2/b30-26+,31-27-. The molecule has 0 atom stereocenters. The molecular formula is C36H10F4N10. The second-order valence-corrected chi connectivity index (χ2v) is 10.9. The smallest absolute Gasteiger partial charge is 0.256 e. The van der Waals surface area contributed by atoms with Crippen LogP contribution in [-0.2, 0) is 12.8 Å². The van der Waals surface area contributed by atoms with Crippen LogP contribution in [0, 0.1) is 77.0 Å². The van der Waals surface area contributed by atoms with Gasteiger partial charge in [-0.15, -0.1) is 0 Å². The zero-order valence-electron chi connectivity index (χ0n) is 24.9. The van der Waals surface area contributed by atoms with Crippen molar-refractivity contribution < 1.29 is 17.6 Å². The highest BCUT2D eigenvalue weighted by Crippen LogP contribution is 2.40. The van der Waals surface area contributed by atoms with Crippen LogP contribution in [0.15, 0.2) is 36.7 Å². The zero-order chi connectivity index (χ0) is 35.4. The van der Waals surface area contributed by atoms with Gasteiger partial charge in [-0.25, -0.2) is 52.6 Å². The minimum Gasteiger partial charge on any atom is -0.256 e. The van der Waals surface area contributed by atoms with Gasteiger partial charge in [-0.3, -0.25) is 9.97 Å². The number of halogens is 4. The number of benzene rings is 3. The van der Waals surface area contributed by atoms with E-state index in [2.05, 4.69) is 34.5 Å². The van der Waals surface area contributed by atoms with Crippen molar-refractivity contribution in [3.8, 4) is 63.2 Å². The molecule has 50 heavy (non-hydrogen) atoms. The number of nitrogens with zero attached hydrogens (tertiary/aromatic N) is 10. The van der Waals surface area contributed by atoms with Crippen molar-refractivity contribution in [2.45, 2.75) is 12.8 Å². The average molecular weight is 659 g/mol. The summed E-state index contributed by atoms with van der Waals surface area (Å²) >= 11 is 0. The van der Waals surface area contributed by atoms with E-state index in [1.54, 1.807) is 0 Å². The van der Waals surface area contributed by atoms with Crippen molar-refractivity contribution in [1.29, 1.82) is 15.8 Å². The Balaban J connectivity index is 1.57. The van der Waals surface area contributed by atoms with Crippen LogP contribution in [0.2, 0.25) is 0 Å². The second kappa shape index (κ2) is 11.5. The van der Waals surface area contributed by atoms with Gasteiger partial charge in [0.15, 0.2) is 0 Å². The van der Waals surface area contributed by atoms with Crippen molar-refractivity contribution in [1.82, 2.24) is 19.9 Å². The summed E-state index contributed by atoms with van der Waals surface area (Å²) in [5, 5.41) is 29.6. The van der Waals surface area contributed by atoms with E-state index in [0.29, 0.717) is 22.5 Å². The lowest BCUT2D eigenvalue weighted by Crippen LogP contribution is -2.26. The van der Waals surface area contributed by atoms with Gasteiger partial charge in [0.25, 0.3) is 17.1 Å². The Kier molecular flexibility index (Phi) is 7.08. The van der Waals surface area contributed by atoms with Crippen LogP contribution in [0.3, 0.4) is 0 Å². The fourth-order valence-electron chi connectivity index (χ4n) is 6.27. The Labute approximate surface area is 278 Å². The molecule has 0 fully saturated rings. The minimum atomic E-state index is -1.12. The normalized spacial score (nSPS) is 12.8. The molecule has 2 aliphatic carbocycles. The lowest BCUT2D eigenvalue weighted by molar-refractivity contribution is 0.577. The summed E-state index contributed by atoms with van der Waals surface area (Å²) < 4.78 is 58.3. The van der Waals surface area contributed by atoms with Gasteiger partial charge < -0.3 is 0 Å². The Morgan fingerprint density at radius 3 is 1.44 bits per heavy atom. The average Bonchev–Trinajstić information content (AvgIpc) is 3.67. The first-order chi connectivity index (χ1) is 24.2. The maximum atomic E-state index is 14.6. The summed E-state index contributed by atoms with van der Waals surface area (Å²) in [5.41, 5.74) is -0.395. The van der Waals surface area contributed by atoms with Crippen molar-refractivity contribution in [2.75, 3.05) is 0 Å².